The molecule has 0 atom stereocenters. The van der Waals surface area contributed by atoms with Crippen LogP contribution in [0.5, 0.6) is 0 Å². The number of hydrogen-bond acceptors (Lipinski definition) is 2. The molecule has 1 aromatic carbocycles. The average molecular weight is 331 g/mol. The van der Waals surface area contributed by atoms with Gasteiger partial charge in [0.05, 0.1) is 11.0 Å². The van der Waals surface area contributed by atoms with Gasteiger partial charge in [0.2, 0.25) is 0 Å². The fraction of sp³-hybridized carbons (Fsp3) is 0.667. The van der Waals surface area contributed by atoms with Crippen LogP contribution >= 0.6 is 0 Å². The highest BCUT2D eigenvalue weighted by Crippen LogP contribution is 2.18. The largest absolute Gasteiger partial charge is 0.377 e. The number of imidazole rings is 1. The van der Waals surface area contributed by atoms with E-state index in [1.807, 2.05) is 0 Å². The lowest BCUT2D eigenvalue weighted by Crippen LogP contribution is -2.05. The maximum atomic E-state index is 5.31. The van der Waals surface area contributed by atoms with E-state index < -0.39 is 0 Å². The molecule has 0 saturated heterocycles. The number of nitrogens with zero attached hydrogens (tertiary/aromatic N) is 2. The Morgan fingerprint density at radius 2 is 1.50 bits per heavy atom. The first kappa shape index (κ1) is 19.0. The summed E-state index contributed by atoms with van der Waals surface area (Å²) >= 11 is 0. The van der Waals surface area contributed by atoms with Gasteiger partial charge in [-0.05, 0) is 18.6 Å². The minimum Gasteiger partial charge on any atom is -0.377 e. The SMILES string of the molecule is CCCCCCCCCCCCn1c(COC)nc2ccccc21. The topological polar surface area (TPSA) is 27.1 Å². The van der Waals surface area contributed by atoms with Crippen molar-refractivity contribution in [2.24, 2.45) is 0 Å². The second-order valence-electron chi connectivity index (χ2n) is 6.78. The highest BCUT2D eigenvalue weighted by Gasteiger charge is 2.09. The standard InChI is InChI=1S/C21H34N2O/c1-3-4-5-6-7-8-9-10-11-14-17-23-20-16-13-12-15-19(20)22-21(23)18-24-2/h12-13,15-16H,3-11,14,17-18H2,1-2H3. The maximum Gasteiger partial charge on any atom is 0.135 e. The molecule has 24 heavy (non-hydrogen) atoms. The van der Waals surface area contributed by atoms with Crippen LogP contribution in [0.25, 0.3) is 11.0 Å². The first-order valence-electron chi connectivity index (χ1n) is 9.80. The number of ether oxygens (including phenoxy) is 1. The Kier molecular flexibility index (Phi) is 8.90. The highest BCUT2D eigenvalue weighted by atomic mass is 16.5. The van der Waals surface area contributed by atoms with E-state index >= 15 is 0 Å². The summed E-state index contributed by atoms with van der Waals surface area (Å²) in [5, 5.41) is 0. The van der Waals surface area contributed by atoms with Crippen molar-refractivity contribution in [3.05, 3.63) is 30.1 Å². The van der Waals surface area contributed by atoms with Crippen molar-refractivity contribution in [1.82, 2.24) is 9.55 Å². The van der Waals surface area contributed by atoms with Crippen LogP contribution in [0.2, 0.25) is 0 Å². The van der Waals surface area contributed by atoms with Crippen LogP contribution < -0.4 is 0 Å². The summed E-state index contributed by atoms with van der Waals surface area (Å²) in [6, 6.07) is 8.40. The van der Waals surface area contributed by atoms with Gasteiger partial charge in [-0.25, -0.2) is 4.98 Å². The molecule has 0 spiro atoms. The van der Waals surface area contributed by atoms with Gasteiger partial charge in [0.1, 0.15) is 12.4 Å². The molecule has 2 aromatic rings. The zero-order valence-electron chi connectivity index (χ0n) is 15.6. The molecule has 0 bridgehead atoms. The molecule has 0 aliphatic carbocycles. The Morgan fingerprint density at radius 1 is 0.875 bits per heavy atom. The van der Waals surface area contributed by atoms with E-state index in [4.69, 9.17) is 9.72 Å². The molecule has 0 saturated carbocycles. The molecular formula is C21H34N2O. The quantitative estimate of drug-likeness (QED) is 0.415. The Labute approximate surface area is 147 Å². The molecule has 3 heteroatoms. The zero-order chi connectivity index (χ0) is 17.0. The fourth-order valence-electron chi connectivity index (χ4n) is 3.37. The summed E-state index contributed by atoms with van der Waals surface area (Å²) < 4.78 is 7.65. The van der Waals surface area contributed by atoms with Crippen molar-refractivity contribution >= 4 is 11.0 Å². The van der Waals surface area contributed by atoms with Crippen molar-refractivity contribution in [2.45, 2.75) is 84.3 Å². The normalized spacial score (nSPS) is 11.4. The summed E-state index contributed by atoms with van der Waals surface area (Å²) in [6.45, 7) is 3.92. The minimum absolute atomic E-state index is 0.590. The van der Waals surface area contributed by atoms with Gasteiger partial charge in [0.15, 0.2) is 0 Å². The molecule has 0 aliphatic rings. The predicted molar refractivity (Wildman–Crippen MR) is 102 cm³/mol. The van der Waals surface area contributed by atoms with Crippen LogP contribution in [0, 0.1) is 0 Å². The number of para-hydroxylation sites is 2. The van der Waals surface area contributed by atoms with Crippen LogP contribution in [0.4, 0.5) is 0 Å². The number of rotatable bonds is 13. The number of fused-ring (bicyclic) bond motifs is 1. The number of aromatic nitrogens is 2. The van der Waals surface area contributed by atoms with Gasteiger partial charge in [0, 0.05) is 13.7 Å². The van der Waals surface area contributed by atoms with Crippen molar-refractivity contribution < 1.29 is 4.74 Å². The summed E-state index contributed by atoms with van der Waals surface area (Å²) in [7, 11) is 1.74. The molecule has 0 fully saturated rings. The molecule has 0 N–H and O–H groups in total. The van der Waals surface area contributed by atoms with E-state index in [1.165, 1.54) is 69.7 Å². The number of methoxy groups -OCH3 is 1. The Balaban J connectivity index is 1.69. The maximum absolute atomic E-state index is 5.31. The molecule has 134 valence electrons. The summed E-state index contributed by atoms with van der Waals surface area (Å²) in [4.78, 5) is 4.70. The second kappa shape index (κ2) is 11.2. The first-order valence-corrected chi connectivity index (χ1v) is 9.80. The average Bonchev–Trinajstić information content (AvgIpc) is 2.94. The molecule has 2 rings (SSSR count). The van der Waals surface area contributed by atoms with Crippen molar-refractivity contribution in [2.75, 3.05) is 7.11 Å². The van der Waals surface area contributed by atoms with E-state index in [2.05, 4.69) is 35.8 Å². The molecule has 1 aromatic heterocycles. The van der Waals surface area contributed by atoms with E-state index in [9.17, 15) is 0 Å². The van der Waals surface area contributed by atoms with Gasteiger partial charge >= 0.3 is 0 Å². The Hall–Kier alpha value is -1.35. The monoisotopic (exact) mass is 330 g/mol. The van der Waals surface area contributed by atoms with E-state index in [0.29, 0.717) is 6.61 Å². The second-order valence-corrected chi connectivity index (χ2v) is 6.78. The summed E-state index contributed by atoms with van der Waals surface area (Å²) in [6.07, 6.45) is 13.7. The van der Waals surface area contributed by atoms with Gasteiger partial charge < -0.3 is 9.30 Å². The smallest absolute Gasteiger partial charge is 0.135 e. The Morgan fingerprint density at radius 3 is 2.17 bits per heavy atom. The van der Waals surface area contributed by atoms with Gasteiger partial charge in [-0.1, -0.05) is 76.8 Å². The van der Waals surface area contributed by atoms with Gasteiger partial charge in [-0.2, -0.15) is 0 Å². The number of benzene rings is 1. The molecular weight excluding hydrogens is 296 g/mol. The van der Waals surface area contributed by atoms with Gasteiger partial charge in [-0.15, -0.1) is 0 Å². The van der Waals surface area contributed by atoms with Gasteiger partial charge in [-0.3, -0.25) is 0 Å². The molecule has 3 nitrogen and oxygen atoms in total. The summed E-state index contributed by atoms with van der Waals surface area (Å²) in [5.74, 6) is 1.05. The number of hydrogen-bond donors (Lipinski definition) is 0. The number of unbranched alkanes of at least 4 members (excludes halogenated alkanes) is 9. The summed E-state index contributed by atoms with van der Waals surface area (Å²) in [5.41, 5.74) is 2.32. The molecule has 0 aliphatic heterocycles. The van der Waals surface area contributed by atoms with Crippen molar-refractivity contribution in [3.8, 4) is 0 Å². The molecule has 0 unspecified atom stereocenters. The third-order valence-corrected chi connectivity index (χ3v) is 4.74. The Bertz CT molecular complexity index is 576. The lowest BCUT2D eigenvalue weighted by Gasteiger charge is -2.09. The third-order valence-electron chi connectivity index (χ3n) is 4.74. The zero-order valence-corrected chi connectivity index (χ0v) is 15.6. The van der Waals surface area contributed by atoms with Crippen LogP contribution in [0.15, 0.2) is 24.3 Å². The van der Waals surface area contributed by atoms with E-state index in [-0.39, 0.29) is 0 Å². The minimum atomic E-state index is 0.590. The lowest BCUT2D eigenvalue weighted by molar-refractivity contribution is 0.174. The lowest BCUT2D eigenvalue weighted by atomic mass is 10.1. The highest BCUT2D eigenvalue weighted by molar-refractivity contribution is 5.75. The van der Waals surface area contributed by atoms with E-state index in [1.54, 1.807) is 7.11 Å². The van der Waals surface area contributed by atoms with Gasteiger partial charge in [0.25, 0.3) is 0 Å². The van der Waals surface area contributed by atoms with Crippen molar-refractivity contribution in [3.63, 3.8) is 0 Å². The first-order chi connectivity index (χ1) is 11.9. The molecule has 1 heterocycles. The van der Waals surface area contributed by atoms with Crippen LogP contribution in [0.1, 0.15) is 77.0 Å². The number of aryl methyl sites for hydroxylation is 1. The van der Waals surface area contributed by atoms with E-state index in [0.717, 1.165) is 17.9 Å². The molecule has 0 amide bonds. The van der Waals surface area contributed by atoms with Crippen LogP contribution in [-0.2, 0) is 17.9 Å². The predicted octanol–water partition coefficient (Wildman–Crippen LogP) is 6.10. The van der Waals surface area contributed by atoms with Crippen molar-refractivity contribution in [1.29, 1.82) is 0 Å². The van der Waals surface area contributed by atoms with Crippen LogP contribution in [-0.4, -0.2) is 16.7 Å². The third kappa shape index (κ3) is 5.94. The van der Waals surface area contributed by atoms with Crippen LogP contribution in [0.3, 0.4) is 0 Å². The fourth-order valence-corrected chi connectivity index (χ4v) is 3.37. The molecule has 0 radical (unpaired) electrons.